The van der Waals surface area contributed by atoms with Gasteiger partial charge in [-0.3, -0.25) is 9.89 Å². The molecule has 24 heavy (non-hydrogen) atoms. The van der Waals surface area contributed by atoms with Gasteiger partial charge in [0.1, 0.15) is 5.82 Å². The van der Waals surface area contributed by atoms with Gasteiger partial charge < -0.3 is 10.4 Å². The molecule has 128 valence electrons. The molecule has 1 aromatic heterocycles. The zero-order valence-electron chi connectivity index (χ0n) is 14.0. The zero-order valence-corrected chi connectivity index (χ0v) is 14.0. The van der Waals surface area contributed by atoms with Crippen LogP contribution in [0.5, 0.6) is 0 Å². The lowest BCUT2D eigenvalue weighted by Gasteiger charge is -2.32. The maximum Gasteiger partial charge on any atom is 0.251 e. The fourth-order valence-corrected chi connectivity index (χ4v) is 3.43. The van der Waals surface area contributed by atoms with Gasteiger partial charge in [0, 0.05) is 23.8 Å². The van der Waals surface area contributed by atoms with Crippen molar-refractivity contribution in [2.24, 2.45) is 5.92 Å². The third-order valence-corrected chi connectivity index (χ3v) is 4.71. The summed E-state index contributed by atoms with van der Waals surface area (Å²) in [6, 6.07) is 7.52. The van der Waals surface area contributed by atoms with Crippen molar-refractivity contribution in [3.8, 4) is 11.4 Å². The van der Waals surface area contributed by atoms with Gasteiger partial charge in [-0.2, -0.15) is 5.10 Å². The molecule has 0 saturated heterocycles. The normalized spacial score (nSPS) is 20.8. The number of hydrogen-bond donors (Lipinski definition) is 3. The number of carbonyl (C=O) groups excluding carboxylic acids is 1. The van der Waals surface area contributed by atoms with E-state index in [9.17, 15) is 9.90 Å². The van der Waals surface area contributed by atoms with Crippen LogP contribution >= 0.6 is 0 Å². The van der Waals surface area contributed by atoms with E-state index in [1.165, 1.54) is 6.42 Å². The molecule has 2 aromatic rings. The minimum Gasteiger partial charge on any atom is -0.396 e. The van der Waals surface area contributed by atoms with E-state index in [-0.39, 0.29) is 18.6 Å². The summed E-state index contributed by atoms with van der Waals surface area (Å²) in [5.41, 5.74) is 1.44. The Hall–Kier alpha value is -2.21. The molecule has 1 amide bonds. The Morgan fingerprint density at radius 1 is 1.38 bits per heavy atom. The van der Waals surface area contributed by atoms with Crippen molar-refractivity contribution in [1.29, 1.82) is 0 Å². The Morgan fingerprint density at radius 2 is 2.21 bits per heavy atom. The number of H-pyrrole nitrogens is 1. The van der Waals surface area contributed by atoms with Gasteiger partial charge >= 0.3 is 0 Å². The number of aromatic amines is 1. The van der Waals surface area contributed by atoms with Crippen LogP contribution in [0.2, 0.25) is 0 Å². The second kappa shape index (κ2) is 7.57. The summed E-state index contributed by atoms with van der Waals surface area (Å²) >= 11 is 0. The van der Waals surface area contributed by atoms with Crippen LogP contribution in [0.3, 0.4) is 0 Å². The molecule has 0 aliphatic heterocycles. The average Bonchev–Trinajstić information content (AvgIpc) is 3.03. The predicted molar refractivity (Wildman–Crippen MR) is 91.5 cm³/mol. The van der Waals surface area contributed by atoms with Crippen molar-refractivity contribution in [2.45, 2.75) is 45.1 Å². The second-order valence-electron chi connectivity index (χ2n) is 6.46. The first-order chi connectivity index (χ1) is 11.7. The van der Waals surface area contributed by atoms with Crippen LogP contribution in [0.1, 0.15) is 48.3 Å². The summed E-state index contributed by atoms with van der Waals surface area (Å²) in [5.74, 6) is 1.64. The summed E-state index contributed by atoms with van der Waals surface area (Å²) < 4.78 is 0. The number of aliphatic hydroxyl groups excluding tert-OH is 1. The smallest absolute Gasteiger partial charge is 0.251 e. The molecule has 1 heterocycles. The first-order valence-electron chi connectivity index (χ1n) is 8.58. The Morgan fingerprint density at radius 3 is 2.96 bits per heavy atom. The quantitative estimate of drug-likeness (QED) is 0.786. The molecule has 0 bridgehead atoms. The molecule has 1 aliphatic rings. The summed E-state index contributed by atoms with van der Waals surface area (Å²) in [7, 11) is 0. The maximum absolute atomic E-state index is 12.6. The number of nitrogens with one attached hydrogen (secondary N) is 2. The lowest BCUT2D eigenvalue weighted by atomic mass is 9.82. The Balaban J connectivity index is 1.72. The summed E-state index contributed by atoms with van der Waals surface area (Å²) in [6.07, 6.45) is 5.11. The topological polar surface area (TPSA) is 90.9 Å². The highest BCUT2D eigenvalue weighted by Gasteiger charge is 2.26. The third-order valence-electron chi connectivity index (χ3n) is 4.71. The van der Waals surface area contributed by atoms with E-state index < -0.39 is 0 Å². The molecule has 6 nitrogen and oxygen atoms in total. The largest absolute Gasteiger partial charge is 0.396 e. The highest BCUT2D eigenvalue weighted by Crippen LogP contribution is 2.27. The molecule has 0 unspecified atom stereocenters. The van der Waals surface area contributed by atoms with Gasteiger partial charge in [-0.1, -0.05) is 25.0 Å². The number of aryl methyl sites for hydroxylation is 1. The third kappa shape index (κ3) is 3.82. The van der Waals surface area contributed by atoms with Crippen LogP contribution in [0, 0.1) is 12.8 Å². The molecule has 1 aliphatic carbocycles. The van der Waals surface area contributed by atoms with Crippen molar-refractivity contribution in [3.63, 3.8) is 0 Å². The van der Waals surface area contributed by atoms with Crippen LogP contribution in [-0.4, -0.2) is 38.8 Å². The molecule has 2 atom stereocenters. The highest BCUT2D eigenvalue weighted by atomic mass is 16.3. The van der Waals surface area contributed by atoms with E-state index in [1.54, 1.807) is 0 Å². The van der Waals surface area contributed by atoms with E-state index in [0.717, 1.165) is 37.1 Å². The van der Waals surface area contributed by atoms with Crippen LogP contribution in [0.15, 0.2) is 24.3 Å². The monoisotopic (exact) mass is 328 g/mol. The van der Waals surface area contributed by atoms with Gasteiger partial charge in [0.25, 0.3) is 5.91 Å². The fourth-order valence-electron chi connectivity index (χ4n) is 3.43. The van der Waals surface area contributed by atoms with Crippen molar-refractivity contribution < 1.29 is 9.90 Å². The van der Waals surface area contributed by atoms with Crippen molar-refractivity contribution >= 4 is 5.91 Å². The van der Waals surface area contributed by atoms with Gasteiger partial charge in [-0.05, 0) is 44.2 Å². The van der Waals surface area contributed by atoms with E-state index in [2.05, 4.69) is 20.5 Å². The minimum absolute atomic E-state index is 0.0704. The van der Waals surface area contributed by atoms with E-state index in [4.69, 9.17) is 0 Å². The van der Waals surface area contributed by atoms with Gasteiger partial charge in [0.2, 0.25) is 0 Å². The molecule has 1 aromatic carbocycles. The van der Waals surface area contributed by atoms with Crippen LogP contribution in [0.25, 0.3) is 11.4 Å². The van der Waals surface area contributed by atoms with E-state index in [0.29, 0.717) is 17.3 Å². The van der Waals surface area contributed by atoms with E-state index >= 15 is 0 Å². The lowest BCUT2D eigenvalue weighted by Crippen LogP contribution is -2.42. The first-order valence-corrected chi connectivity index (χ1v) is 8.58. The number of rotatable bonds is 5. The Bertz CT molecular complexity index is 696. The number of hydrogen-bond acceptors (Lipinski definition) is 4. The number of carbonyl (C=O) groups is 1. The van der Waals surface area contributed by atoms with E-state index in [1.807, 2.05) is 31.2 Å². The SMILES string of the molecule is Cc1nc(-c2cccc(C(=O)N[C@@H]3CCCC[C@@H]3CCO)c2)n[nH]1. The number of benzene rings is 1. The van der Waals surface area contributed by atoms with Gasteiger partial charge in [0.15, 0.2) is 5.82 Å². The molecule has 1 fully saturated rings. The summed E-state index contributed by atoms with van der Waals surface area (Å²) in [5, 5.41) is 19.3. The predicted octanol–water partition coefficient (Wildman–Crippen LogP) is 2.45. The van der Waals surface area contributed by atoms with Gasteiger partial charge in [0.05, 0.1) is 0 Å². The molecule has 3 rings (SSSR count). The molecular weight excluding hydrogens is 304 g/mol. The number of aromatic nitrogens is 3. The number of nitrogens with zero attached hydrogens (tertiary/aromatic N) is 2. The average molecular weight is 328 g/mol. The maximum atomic E-state index is 12.6. The molecule has 1 saturated carbocycles. The van der Waals surface area contributed by atoms with Crippen molar-refractivity contribution in [3.05, 3.63) is 35.7 Å². The van der Waals surface area contributed by atoms with Crippen molar-refractivity contribution in [1.82, 2.24) is 20.5 Å². The first kappa shape index (κ1) is 16.6. The summed E-state index contributed by atoms with van der Waals surface area (Å²) in [4.78, 5) is 16.9. The fraction of sp³-hybridized carbons (Fsp3) is 0.500. The zero-order chi connectivity index (χ0) is 16.9. The summed E-state index contributed by atoms with van der Waals surface area (Å²) in [6.45, 7) is 2.02. The highest BCUT2D eigenvalue weighted by molar-refractivity contribution is 5.95. The van der Waals surface area contributed by atoms with Crippen LogP contribution in [-0.2, 0) is 0 Å². The minimum atomic E-state index is -0.0704. The number of amides is 1. The van der Waals surface area contributed by atoms with Crippen molar-refractivity contribution in [2.75, 3.05) is 6.61 Å². The molecular formula is C18H24N4O2. The van der Waals surface area contributed by atoms with Gasteiger partial charge in [-0.15, -0.1) is 0 Å². The Labute approximate surface area is 141 Å². The molecule has 0 radical (unpaired) electrons. The van der Waals surface area contributed by atoms with Crippen LogP contribution in [0.4, 0.5) is 0 Å². The van der Waals surface area contributed by atoms with Gasteiger partial charge in [-0.25, -0.2) is 4.98 Å². The number of aliphatic hydroxyl groups is 1. The lowest BCUT2D eigenvalue weighted by molar-refractivity contribution is 0.0894. The van der Waals surface area contributed by atoms with Crippen LogP contribution < -0.4 is 5.32 Å². The molecule has 6 heteroatoms. The standard InChI is InChI=1S/C18H24N4O2/c1-12-19-17(22-21-12)14-6-4-7-15(11-14)18(24)20-16-8-3-2-5-13(16)9-10-23/h4,6-7,11,13,16,23H,2-3,5,8-10H2,1H3,(H,20,24)(H,19,21,22)/t13-,16-/m1/s1. The second-order valence-corrected chi connectivity index (χ2v) is 6.46. The molecule has 3 N–H and O–H groups in total. The Kier molecular flexibility index (Phi) is 5.25. The molecule has 0 spiro atoms.